The number of nitrogens with zero attached hydrogens (tertiary/aromatic N) is 2. The molecule has 0 aliphatic rings. The SMILES string of the molecule is Cn1[c]nc2ccc(C(F)(F)F)cc21. The molecule has 0 unspecified atom stereocenters. The average Bonchev–Trinajstić information content (AvgIpc) is 2.46. The minimum absolute atomic E-state index is 0.430. The molecule has 0 bridgehead atoms. The van der Waals surface area contributed by atoms with E-state index in [0.29, 0.717) is 11.0 Å². The van der Waals surface area contributed by atoms with Gasteiger partial charge in [-0.3, -0.25) is 0 Å². The van der Waals surface area contributed by atoms with E-state index >= 15 is 0 Å². The van der Waals surface area contributed by atoms with Crippen molar-refractivity contribution in [3.05, 3.63) is 30.1 Å². The van der Waals surface area contributed by atoms with E-state index in [9.17, 15) is 13.2 Å². The number of rotatable bonds is 0. The summed E-state index contributed by atoms with van der Waals surface area (Å²) < 4.78 is 38.4. The molecular formula is C9H6F3N2. The Hall–Kier alpha value is -1.52. The van der Waals surface area contributed by atoms with Crippen LogP contribution in [0.1, 0.15) is 5.56 Å². The number of hydrogen-bond donors (Lipinski definition) is 0. The maximum Gasteiger partial charge on any atom is 0.416 e. The second-order valence-corrected chi connectivity index (χ2v) is 2.97. The van der Waals surface area contributed by atoms with Gasteiger partial charge in [0, 0.05) is 7.05 Å². The predicted octanol–water partition coefficient (Wildman–Crippen LogP) is 2.39. The molecule has 1 heterocycles. The number of halogens is 3. The molecule has 73 valence electrons. The summed E-state index contributed by atoms with van der Waals surface area (Å²) >= 11 is 0. The Morgan fingerprint density at radius 1 is 1.36 bits per heavy atom. The fourth-order valence-electron chi connectivity index (χ4n) is 1.25. The smallest absolute Gasteiger partial charge is 0.324 e. The minimum Gasteiger partial charge on any atom is -0.324 e. The molecule has 1 aromatic carbocycles. The normalized spacial score (nSPS) is 12.3. The van der Waals surface area contributed by atoms with Gasteiger partial charge in [0.2, 0.25) is 0 Å². The van der Waals surface area contributed by atoms with E-state index < -0.39 is 11.7 Å². The van der Waals surface area contributed by atoms with Crippen molar-refractivity contribution >= 4 is 11.0 Å². The molecule has 0 amide bonds. The molecule has 0 aliphatic heterocycles. The lowest BCUT2D eigenvalue weighted by Crippen LogP contribution is -2.04. The van der Waals surface area contributed by atoms with E-state index in [2.05, 4.69) is 11.3 Å². The lowest BCUT2D eigenvalue weighted by Gasteiger charge is -2.06. The Bertz CT molecular complexity index is 470. The maximum absolute atomic E-state index is 12.3. The number of alkyl halides is 3. The Morgan fingerprint density at radius 3 is 2.71 bits per heavy atom. The Morgan fingerprint density at radius 2 is 2.07 bits per heavy atom. The second kappa shape index (κ2) is 2.73. The topological polar surface area (TPSA) is 17.8 Å². The van der Waals surface area contributed by atoms with Gasteiger partial charge >= 0.3 is 6.18 Å². The molecule has 0 spiro atoms. The first-order chi connectivity index (χ1) is 6.48. The summed E-state index contributed by atoms with van der Waals surface area (Å²) in [5.41, 5.74) is 0.280. The van der Waals surface area contributed by atoms with E-state index in [1.54, 1.807) is 7.05 Å². The third-order valence-electron chi connectivity index (χ3n) is 1.98. The van der Waals surface area contributed by atoms with Crippen LogP contribution in [-0.2, 0) is 13.2 Å². The highest BCUT2D eigenvalue weighted by atomic mass is 19.4. The van der Waals surface area contributed by atoms with Crippen molar-refractivity contribution in [1.29, 1.82) is 0 Å². The Labute approximate surface area is 78.0 Å². The van der Waals surface area contributed by atoms with Crippen molar-refractivity contribution < 1.29 is 13.2 Å². The Kier molecular flexibility index (Phi) is 1.77. The first-order valence-corrected chi connectivity index (χ1v) is 3.90. The molecule has 1 aromatic heterocycles. The van der Waals surface area contributed by atoms with E-state index in [1.165, 1.54) is 10.6 Å². The molecular weight excluding hydrogens is 193 g/mol. The van der Waals surface area contributed by atoms with E-state index in [0.717, 1.165) is 12.1 Å². The van der Waals surface area contributed by atoms with Gasteiger partial charge in [0.1, 0.15) is 0 Å². The van der Waals surface area contributed by atoms with Crippen molar-refractivity contribution in [3.8, 4) is 0 Å². The summed E-state index contributed by atoms with van der Waals surface area (Å²) in [4.78, 5) is 3.81. The monoisotopic (exact) mass is 199 g/mol. The standard InChI is InChI=1S/C9H6F3N2/c1-14-5-13-7-3-2-6(4-8(7)14)9(10,11)12/h2-4H,1H3. The van der Waals surface area contributed by atoms with Crippen LogP contribution in [-0.4, -0.2) is 9.55 Å². The number of aromatic nitrogens is 2. The predicted molar refractivity (Wildman–Crippen MR) is 44.6 cm³/mol. The molecule has 2 aromatic rings. The van der Waals surface area contributed by atoms with Crippen LogP contribution in [0.3, 0.4) is 0 Å². The number of benzene rings is 1. The minimum atomic E-state index is -4.31. The van der Waals surface area contributed by atoms with Crippen molar-refractivity contribution in [3.63, 3.8) is 0 Å². The molecule has 0 saturated carbocycles. The average molecular weight is 199 g/mol. The van der Waals surface area contributed by atoms with Gasteiger partial charge in [-0.1, -0.05) is 0 Å². The summed E-state index contributed by atoms with van der Waals surface area (Å²) in [6.45, 7) is 0. The van der Waals surface area contributed by atoms with E-state index in [4.69, 9.17) is 0 Å². The van der Waals surface area contributed by atoms with Crippen LogP contribution in [0, 0.1) is 6.33 Å². The van der Waals surface area contributed by atoms with Crippen LogP contribution in [0.5, 0.6) is 0 Å². The summed E-state index contributed by atoms with van der Waals surface area (Å²) in [7, 11) is 1.61. The zero-order valence-electron chi connectivity index (χ0n) is 7.26. The summed E-state index contributed by atoms with van der Waals surface area (Å²) in [6.07, 6.45) is -1.75. The highest BCUT2D eigenvalue weighted by Crippen LogP contribution is 2.30. The van der Waals surface area contributed by atoms with Crippen LogP contribution in [0.2, 0.25) is 0 Å². The number of fused-ring (bicyclic) bond motifs is 1. The van der Waals surface area contributed by atoms with Gasteiger partial charge in [0.25, 0.3) is 0 Å². The maximum atomic E-state index is 12.3. The second-order valence-electron chi connectivity index (χ2n) is 2.97. The molecule has 1 radical (unpaired) electrons. The molecule has 0 atom stereocenters. The molecule has 2 nitrogen and oxygen atoms in total. The van der Waals surface area contributed by atoms with Crippen LogP contribution in [0.4, 0.5) is 13.2 Å². The first-order valence-electron chi connectivity index (χ1n) is 3.90. The zero-order valence-corrected chi connectivity index (χ0v) is 7.26. The molecule has 0 aliphatic carbocycles. The van der Waals surface area contributed by atoms with Crippen LogP contribution in [0.25, 0.3) is 11.0 Å². The third kappa shape index (κ3) is 1.34. The van der Waals surface area contributed by atoms with E-state index in [-0.39, 0.29) is 0 Å². The highest BCUT2D eigenvalue weighted by Gasteiger charge is 2.30. The van der Waals surface area contributed by atoms with Gasteiger partial charge in [-0.15, -0.1) is 0 Å². The fourth-order valence-corrected chi connectivity index (χ4v) is 1.25. The molecule has 0 N–H and O–H groups in total. The van der Waals surface area contributed by atoms with Gasteiger partial charge in [0.15, 0.2) is 6.33 Å². The number of hydrogen-bond acceptors (Lipinski definition) is 1. The lowest BCUT2D eigenvalue weighted by molar-refractivity contribution is -0.137. The molecule has 5 heteroatoms. The van der Waals surface area contributed by atoms with E-state index in [1.807, 2.05) is 0 Å². The van der Waals surface area contributed by atoms with Crippen molar-refractivity contribution in [1.82, 2.24) is 9.55 Å². The number of imidazole rings is 1. The van der Waals surface area contributed by atoms with Gasteiger partial charge in [-0.05, 0) is 18.2 Å². The van der Waals surface area contributed by atoms with Gasteiger partial charge in [-0.25, -0.2) is 4.98 Å². The first kappa shape index (κ1) is 9.05. The molecule has 0 saturated heterocycles. The highest BCUT2D eigenvalue weighted by molar-refractivity contribution is 5.75. The fraction of sp³-hybridized carbons (Fsp3) is 0.222. The van der Waals surface area contributed by atoms with Crippen LogP contribution < -0.4 is 0 Å². The van der Waals surface area contributed by atoms with Gasteiger partial charge in [0.05, 0.1) is 16.6 Å². The third-order valence-corrected chi connectivity index (χ3v) is 1.98. The zero-order chi connectivity index (χ0) is 10.3. The van der Waals surface area contributed by atoms with Crippen LogP contribution in [0.15, 0.2) is 18.2 Å². The molecule has 0 fully saturated rings. The lowest BCUT2D eigenvalue weighted by atomic mass is 10.2. The summed E-state index contributed by atoms with van der Waals surface area (Å²) in [5, 5.41) is 0. The van der Waals surface area contributed by atoms with Crippen molar-refractivity contribution in [2.24, 2.45) is 7.05 Å². The molecule has 2 rings (SSSR count). The molecule has 14 heavy (non-hydrogen) atoms. The quantitative estimate of drug-likeness (QED) is 0.637. The summed E-state index contributed by atoms with van der Waals surface area (Å²) in [5.74, 6) is 0. The van der Waals surface area contributed by atoms with Gasteiger partial charge < -0.3 is 4.57 Å². The van der Waals surface area contributed by atoms with Gasteiger partial charge in [-0.2, -0.15) is 13.2 Å². The van der Waals surface area contributed by atoms with Crippen LogP contribution >= 0.6 is 0 Å². The summed E-state index contributed by atoms with van der Waals surface area (Å²) in [6, 6.07) is 3.43. The largest absolute Gasteiger partial charge is 0.416 e. The van der Waals surface area contributed by atoms with Crippen molar-refractivity contribution in [2.45, 2.75) is 6.18 Å². The number of aryl methyl sites for hydroxylation is 1. The van der Waals surface area contributed by atoms with Crippen molar-refractivity contribution in [2.75, 3.05) is 0 Å². The Balaban J connectivity index is 2.66.